The largest absolute Gasteiger partial charge is 0.349 e. The van der Waals surface area contributed by atoms with Crippen LogP contribution in [-0.2, 0) is 4.79 Å². The van der Waals surface area contributed by atoms with Crippen molar-refractivity contribution in [1.82, 2.24) is 15.5 Å². The molecule has 0 fully saturated rings. The summed E-state index contributed by atoms with van der Waals surface area (Å²) in [6, 6.07) is 5.95. The summed E-state index contributed by atoms with van der Waals surface area (Å²) in [5, 5.41) is 11.5. The standard InChI is InChI=1S/C14H16FN3OS2/c1-8(11-4-6-12(15)7-5-11)16-13(19)9(2)20-14-18-17-10(3)21-14/h4-9H,1-3H3,(H,16,19)/t8-,9+/m0/s1. The number of amides is 1. The van der Waals surface area contributed by atoms with Gasteiger partial charge in [0.2, 0.25) is 5.91 Å². The quantitative estimate of drug-likeness (QED) is 0.857. The molecule has 0 saturated heterocycles. The third-order valence-electron chi connectivity index (χ3n) is 2.88. The van der Waals surface area contributed by atoms with E-state index in [9.17, 15) is 9.18 Å². The summed E-state index contributed by atoms with van der Waals surface area (Å²) in [6.07, 6.45) is 0. The van der Waals surface area contributed by atoms with Crippen LogP contribution in [0, 0.1) is 12.7 Å². The number of rotatable bonds is 5. The molecule has 0 unspecified atom stereocenters. The molecule has 0 radical (unpaired) electrons. The number of carbonyl (C=O) groups is 1. The molecule has 1 N–H and O–H groups in total. The monoisotopic (exact) mass is 325 g/mol. The molecule has 2 atom stereocenters. The van der Waals surface area contributed by atoms with Crippen molar-refractivity contribution in [2.75, 3.05) is 0 Å². The van der Waals surface area contributed by atoms with Gasteiger partial charge in [-0.15, -0.1) is 10.2 Å². The summed E-state index contributed by atoms with van der Waals surface area (Å²) in [6.45, 7) is 5.58. The lowest BCUT2D eigenvalue weighted by atomic mass is 10.1. The van der Waals surface area contributed by atoms with Crippen molar-refractivity contribution >= 4 is 29.0 Å². The van der Waals surface area contributed by atoms with E-state index in [2.05, 4.69) is 15.5 Å². The first kappa shape index (κ1) is 15.9. The van der Waals surface area contributed by atoms with Crippen LogP contribution in [0.5, 0.6) is 0 Å². The molecule has 7 heteroatoms. The molecule has 2 rings (SSSR count). The third kappa shape index (κ3) is 4.50. The van der Waals surface area contributed by atoms with Crippen LogP contribution in [-0.4, -0.2) is 21.4 Å². The van der Waals surface area contributed by atoms with E-state index in [1.807, 2.05) is 20.8 Å². The molecule has 1 aromatic carbocycles. The van der Waals surface area contributed by atoms with Gasteiger partial charge in [0.15, 0.2) is 4.34 Å². The molecule has 1 amide bonds. The van der Waals surface area contributed by atoms with E-state index in [-0.39, 0.29) is 23.0 Å². The predicted molar refractivity (Wildman–Crippen MR) is 82.9 cm³/mol. The Morgan fingerprint density at radius 2 is 1.95 bits per heavy atom. The van der Waals surface area contributed by atoms with Crippen LogP contribution < -0.4 is 5.32 Å². The summed E-state index contributed by atoms with van der Waals surface area (Å²) < 4.78 is 13.7. The number of thioether (sulfide) groups is 1. The van der Waals surface area contributed by atoms with E-state index in [4.69, 9.17) is 0 Å². The molecular formula is C14H16FN3OS2. The SMILES string of the molecule is Cc1nnc(S[C@H](C)C(=O)N[C@@H](C)c2ccc(F)cc2)s1. The lowest BCUT2D eigenvalue weighted by Crippen LogP contribution is -2.33. The number of nitrogens with one attached hydrogen (secondary N) is 1. The summed E-state index contributed by atoms with van der Waals surface area (Å²) in [5.41, 5.74) is 0.869. The van der Waals surface area contributed by atoms with E-state index >= 15 is 0 Å². The van der Waals surface area contributed by atoms with Gasteiger partial charge in [-0.25, -0.2) is 4.39 Å². The highest BCUT2D eigenvalue weighted by atomic mass is 32.2. The lowest BCUT2D eigenvalue weighted by Gasteiger charge is -2.17. The minimum Gasteiger partial charge on any atom is -0.349 e. The smallest absolute Gasteiger partial charge is 0.233 e. The van der Waals surface area contributed by atoms with Gasteiger partial charge in [0.25, 0.3) is 0 Å². The minimum atomic E-state index is -0.284. The van der Waals surface area contributed by atoms with Crippen molar-refractivity contribution in [3.63, 3.8) is 0 Å². The number of hydrogen-bond donors (Lipinski definition) is 1. The van der Waals surface area contributed by atoms with E-state index in [1.54, 1.807) is 12.1 Å². The topological polar surface area (TPSA) is 54.9 Å². The van der Waals surface area contributed by atoms with Crippen molar-refractivity contribution in [3.05, 3.63) is 40.7 Å². The van der Waals surface area contributed by atoms with E-state index < -0.39 is 0 Å². The first-order valence-electron chi connectivity index (χ1n) is 6.48. The molecule has 1 aromatic heterocycles. The maximum Gasteiger partial charge on any atom is 0.233 e. The molecule has 4 nitrogen and oxygen atoms in total. The lowest BCUT2D eigenvalue weighted by molar-refractivity contribution is -0.120. The van der Waals surface area contributed by atoms with Crippen LogP contribution in [0.3, 0.4) is 0 Å². The van der Waals surface area contributed by atoms with Gasteiger partial charge in [0.05, 0.1) is 11.3 Å². The molecular weight excluding hydrogens is 309 g/mol. The average molecular weight is 325 g/mol. The molecule has 0 aliphatic heterocycles. The second-order valence-electron chi connectivity index (χ2n) is 4.63. The fourth-order valence-corrected chi connectivity index (χ4v) is 3.67. The van der Waals surface area contributed by atoms with Crippen LogP contribution in [0.2, 0.25) is 0 Å². The van der Waals surface area contributed by atoms with Crippen molar-refractivity contribution in [2.24, 2.45) is 0 Å². The van der Waals surface area contributed by atoms with Crippen molar-refractivity contribution in [1.29, 1.82) is 0 Å². The first-order valence-corrected chi connectivity index (χ1v) is 8.18. The van der Waals surface area contributed by atoms with E-state index in [0.29, 0.717) is 0 Å². The fourth-order valence-electron chi connectivity index (χ4n) is 1.70. The highest BCUT2D eigenvalue weighted by Crippen LogP contribution is 2.26. The van der Waals surface area contributed by atoms with Crippen LogP contribution in [0.4, 0.5) is 4.39 Å². The van der Waals surface area contributed by atoms with Crippen molar-refractivity contribution < 1.29 is 9.18 Å². The molecule has 0 bridgehead atoms. The minimum absolute atomic E-state index is 0.0790. The van der Waals surface area contributed by atoms with E-state index in [0.717, 1.165) is 14.9 Å². The van der Waals surface area contributed by atoms with Crippen LogP contribution >= 0.6 is 23.1 Å². The zero-order valence-corrected chi connectivity index (χ0v) is 13.6. The summed E-state index contributed by atoms with van der Waals surface area (Å²) in [5.74, 6) is -0.363. The normalized spacial score (nSPS) is 13.7. The van der Waals surface area contributed by atoms with Gasteiger partial charge >= 0.3 is 0 Å². The second kappa shape index (κ2) is 7.00. The number of hydrogen-bond acceptors (Lipinski definition) is 5. The van der Waals surface area contributed by atoms with Crippen LogP contribution in [0.15, 0.2) is 28.6 Å². The number of aromatic nitrogens is 2. The summed E-state index contributed by atoms with van der Waals surface area (Å²) in [4.78, 5) is 12.2. The Labute approximate surface area is 131 Å². The van der Waals surface area contributed by atoms with Gasteiger partial charge in [-0.2, -0.15) is 0 Å². The number of carbonyl (C=O) groups excluding carboxylic acids is 1. The Bertz CT molecular complexity index is 615. The zero-order valence-electron chi connectivity index (χ0n) is 12.0. The van der Waals surface area contributed by atoms with Gasteiger partial charge in [0, 0.05) is 0 Å². The molecule has 0 aliphatic carbocycles. The van der Waals surface area contributed by atoms with E-state index in [1.165, 1.54) is 35.2 Å². The zero-order chi connectivity index (χ0) is 15.4. The summed E-state index contributed by atoms with van der Waals surface area (Å²) in [7, 11) is 0. The number of nitrogens with zero attached hydrogens (tertiary/aromatic N) is 2. The Kier molecular flexibility index (Phi) is 5.30. The molecule has 2 aromatic rings. The molecule has 1 heterocycles. The molecule has 0 saturated carbocycles. The predicted octanol–water partition coefficient (Wildman–Crippen LogP) is 3.34. The van der Waals surface area contributed by atoms with Gasteiger partial charge in [-0.3, -0.25) is 4.79 Å². The van der Waals surface area contributed by atoms with Crippen molar-refractivity contribution in [3.8, 4) is 0 Å². The second-order valence-corrected chi connectivity index (χ2v) is 7.40. The third-order valence-corrected chi connectivity index (χ3v) is 4.91. The molecule has 112 valence electrons. The number of benzene rings is 1. The fraction of sp³-hybridized carbons (Fsp3) is 0.357. The first-order chi connectivity index (χ1) is 9.95. The maximum atomic E-state index is 12.9. The average Bonchev–Trinajstić information content (AvgIpc) is 2.84. The Hall–Kier alpha value is -1.47. The van der Waals surface area contributed by atoms with Gasteiger partial charge in [-0.1, -0.05) is 35.2 Å². The van der Waals surface area contributed by atoms with Crippen LogP contribution in [0.1, 0.15) is 30.5 Å². The molecule has 0 aliphatic rings. The highest BCUT2D eigenvalue weighted by molar-refractivity contribution is 8.02. The maximum absolute atomic E-state index is 12.9. The Morgan fingerprint density at radius 1 is 1.29 bits per heavy atom. The van der Waals surface area contributed by atoms with Crippen LogP contribution in [0.25, 0.3) is 0 Å². The highest BCUT2D eigenvalue weighted by Gasteiger charge is 2.19. The van der Waals surface area contributed by atoms with Gasteiger partial charge < -0.3 is 5.32 Å². The Balaban J connectivity index is 1.92. The van der Waals surface area contributed by atoms with Gasteiger partial charge in [-0.05, 0) is 38.5 Å². The van der Waals surface area contributed by atoms with Gasteiger partial charge in [0.1, 0.15) is 10.8 Å². The molecule has 0 spiro atoms. The Morgan fingerprint density at radius 3 is 2.52 bits per heavy atom. The number of halogens is 1. The number of aryl methyl sites for hydroxylation is 1. The summed E-state index contributed by atoms with van der Waals surface area (Å²) >= 11 is 2.85. The molecule has 21 heavy (non-hydrogen) atoms. The van der Waals surface area contributed by atoms with Crippen molar-refractivity contribution in [2.45, 2.75) is 36.4 Å².